The van der Waals surface area contributed by atoms with E-state index in [1.807, 2.05) is 6.08 Å². The van der Waals surface area contributed by atoms with Crippen LogP contribution < -0.4 is 0 Å². The van der Waals surface area contributed by atoms with Crippen LogP contribution in [0, 0.1) is 40.4 Å². The second kappa shape index (κ2) is 12.0. The fourth-order valence-electron chi connectivity index (χ4n) is 8.50. The molecule has 1 fully saturated rings. The maximum Gasteiger partial charge on any atom is 0.432 e. The van der Waals surface area contributed by atoms with Crippen LogP contribution in [0.15, 0.2) is 77.4 Å². The number of ketones is 1. The zero-order chi connectivity index (χ0) is 32.9. The molecule has 0 N–H and O–H groups in total. The van der Waals surface area contributed by atoms with Crippen LogP contribution in [0.5, 0.6) is 0 Å². The van der Waals surface area contributed by atoms with Crippen LogP contribution in [0.3, 0.4) is 0 Å². The van der Waals surface area contributed by atoms with Gasteiger partial charge in [0.2, 0.25) is 0 Å². The molecule has 8 atom stereocenters. The highest BCUT2D eigenvalue weighted by molar-refractivity contribution is 6.01. The summed E-state index contributed by atoms with van der Waals surface area (Å²) in [5.41, 5.74) is -1.00. The number of rotatable bonds is 8. The highest BCUT2D eigenvalue weighted by atomic mass is 19.4. The average molecular weight is 625 g/mol. The lowest BCUT2D eigenvalue weighted by atomic mass is 9.53. The summed E-state index contributed by atoms with van der Waals surface area (Å²) in [6, 6.07) is 6.90. The summed E-state index contributed by atoms with van der Waals surface area (Å²) in [5.74, 6) is 0.463. The number of esters is 1. The molecule has 0 amide bonds. The third kappa shape index (κ3) is 5.47. The molecule has 0 bridgehead atoms. The second-order valence-corrected chi connectivity index (χ2v) is 14.5. The molecule has 0 aromatic heterocycles. The van der Waals surface area contributed by atoms with Gasteiger partial charge in [-0.25, -0.2) is 4.79 Å². The summed E-state index contributed by atoms with van der Waals surface area (Å²) < 4.78 is 53.9. The Morgan fingerprint density at radius 2 is 1.64 bits per heavy atom. The van der Waals surface area contributed by atoms with Crippen LogP contribution in [-0.2, 0) is 24.7 Å². The molecular weight excluding hydrogens is 577 g/mol. The minimum Gasteiger partial charge on any atom is -0.455 e. The Hall–Kier alpha value is -2.93. The van der Waals surface area contributed by atoms with E-state index in [9.17, 15) is 22.8 Å². The Kier molecular flexibility index (Phi) is 8.93. The highest BCUT2D eigenvalue weighted by Crippen LogP contribution is 2.63. The minimum atomic E-state index is -5.03. The van der Waals surface area contributed by atoms with Gasteiger partial charge in [0.1, 0.15) is 6.10 Å². The predicted octanol–water partition coefficient (Wildman–Crippen LogP) is 9.09. The number of hydrogen-bond acceptors (Lipinski definition) is 4. The van der Waals surface area contributed by atoms with Gasteiger partial charge < -0.3 is 9.47 Å². The maximum atomic E-state index is 14.4. The van der Waals surface area contributed by atoms with Crippen LogP contribution in [0.25, 0.3) is 0 Å². The van der Waals surface area contributed by atoms with Gasteiger partial charge in [-0.05, 0) is 77.9 Å². The zero-order valence-corrected chi connectivity index (χ0v) is 27.5. The summed E-state index contributed by atoms with van der Waals surface area (Å²) in [6.07, 6.45) is 8.01. The van der Waals surface area contributed by atoms with E-state index in [4.69, 9.17) is 9.47 Å². The standard InChI is InChI=1S/C38H47F3O4/c1-23(2)24(3)13-14-25(4)31-22-32(42)33-29-16-15-27-21-28(17-19-35(27,5)30(29)18-20-36(31,33)6)45-34(43)37(44-7,38(39,40)41)26-11-9-8-10-12-26/h8-16,21,23-25,28,30-31H,17-20,22H2,1-7H3/b14-13+/t24-,25+,28-,30-,31+,35-,36+,37+/m0/s1. The molecule has 7 heteroatoms. The molecule has 0 radical (unpaired) electrons. The van der Waals surface area contributed by atoms with Crippen LogP contribution in [0.2, 0.25) is 0 Å². The first-order valence-electron chi connectivity index (χ1n) is 16.3. The number of methoxy groups -OCH3 is 1. The van der Waals surface area contributed by atoms with Crippen molar-refractivity contribution < 1.29 is 32.2 Å². The lowest BCUT2D eigenvalue weighted by molar-refractivity contribution is -0.277. The summed E-state index contributed by atoms with van der Waals surface area (Å²) >= 11 is 0. The molecule has 244 valence electrons. The summed E-state index contributed by atoms with van der Waals surface area (Å²) in [7, 11) is 0.881. The molecule has 0 aliphatic heterocycles. The Morgan fingerprint density at radius 3 is 2.27 bits per heavy atom. The van der Waals surface area contributed by atoms with E-state index in [1.165, 1.54) is 24.3 Å². The van der Waals surface area contributed by atoms with Crippen molar-refractivity contribution in [3.63, 3.8) is 0 Å². The van der Waals surface area contributed by atoms with Crippen molar-refractivity contribution in [3.05, 3.63) is 83.0 Å². The molecule has 4 nitrogen and oxygen atoms in total. The molecule has 1 aromatic rings. The van der Waals surface area contributed by atoms with Crippen LogP contribution in [0.1, 0.15) is 79.2 Å². The third-order valence-corrected chi connectivity index (χ3v) is 11.7. The summed E-state index contributed by atoms with van der Waals surface area (Å²) in [5, 5.41) is 0. The number of carbonyl (C=O) groups is 2. The third-order valence-electron chi connectivity index (χ3n) is 11.7. The molecule has 45 heavy (non-hydrogen) atoms. The molecule has 1 saturated carbocycles. The Bertz CT molecular complexity index is 1440. The largest absolute Gasteiger partial charge is 0.455 e. The maximum absolute atomic E-state index is 14.4. The van der Waals surface area contributed by atoms with Gasteiger partial charge in [-0.2, -0.15) is 13.2 Å². The number of fused-ring (bicyclic) bond motifs is 4. The van der Waals surface area contributed by atoms with Crippen molar-refractivity contribution in [2.24, 2.45) is 40.4 Å². The first-order valence-corrected chi connectivity index (χ1v) is 16.3. The molecule has 0 saturated heterocycles. The Balaban J connectivity index is 1.43. The number of benzene rings is 1. The monoisotopic (exact) mass is 624 g/mol. The summed E-state index contributed by atoms with van der Waals surface area (Å²) in [4.78, 5) is 27.0. The number of allylic oxidation sites excluding steroid dienone is 7. The van der Waals surface area contributed by atoms with E-state index in [-0.39, 0.29) is 39.9 Å². The van der Waals surface area contributed by atoms with Gasteiger partial charge in [0.15, 0.2) is 5.78 Å². The van der Waals surface area contributed by atoms with Gasteiger partial charge in [0.25, 0.3) is 5.60 Å². The molecular formula is C38H47F3O4. The number of Topliss-reactive ketones (excluding diaryl/α,β-unsaturated/α-hetero) is 1. The SMILES string of the molecule is CO[C@@](C(=O)O[C@@H]1C=C2C=CC3=C4C(=O)C[C@H]([C@H](C)/C=C/[C@H](C)C(C)C)[C@@]4(C)CC[C@@H]3[C@@]2(C)CC1)(c1ccccc1)C(F)(F)F. The van der Waals surface area contributed by atoms with E-state index >= 15 is 0 Å². The van der Waals surface area contributed by atoms with Gasteiger partial charge in [0.05, 0.1) is 0 Å². The van der Waals surface area contributed by atoms with E-state index in [1.54, 1.807) is 12.1 Å². The number of alkyl halides is 3. The van der Waals surface area contributed by atoms with Crippen LogP contribution in [-0.4, -0.2) is 31.1 Å². The molecule has 0 spiro atoms. The smallest absolute Gasteiger partial charge is 0.432 e. The lowest BCUT2D eigenvalue weighted by Crippen LogP contribution is -2.52. The van der Waals surface area contributed by atoms with E-state index in [0.717, 1.165) is 36.7 Å². The first kappa shape index (κ1) is 33.4. The van der Waals surface area contributed by atoms with Crippen molar-refractivity contribution in [2.45, 2.75) is 91.5 Å². The van der Waals surface area contributed by atoms with Crippen molar-refractivity contribution in [1.82, 2.24) is 0 Å². The number of halogens is 3. The van der Waals surface area contributed by atoms with E-state index < -0.39 is 23.9 Å². The number of carbonyl (C=O) groups excluding carboxylic acids is 2. The quantitative estimate of drug-likeness (QED) is 0.214. The van der Waals surface area contributed by atoms with Gasteiger partial charge in [0, 0.05) is 30.1 Å². The van der Waals surface area contributed by atoms with Crippen molar-refractivity contribution >= 4 is 11.8 Å². The Labute approximate surface area is 265 Å². The molecule has 4 aliphatic rings. The summed E-state index contributed by atoms with van der Waals surface area (Å²) in [6.45, 7) is 13.4. The highest BCUT2D eigenvalue weighted by Gasteiger charge is 2.64. The predicted molar refractivity (Wildman–Crippen MR) is 169 cm³/mol. The molecule has 1 aromatic carbocycles. The van der Waals surface area contributed by atoms with E-state index in [2.05, 4.69) is 59.8 Å². The number of hydrogen-bond donors (Lipinski definition) is 0. The minimum absolute atomic E-state index is 0.126. The van der Waals surface area contributed by atoms with Crippen molar-refractivity contribution in [2.75, 3.05) is 7.11 Å². The van der Waals surface area contributed by atoms with Crippen molar-refractivity contribution in [1.29, 1.82) is 0 Å². The molecule has 4 aliphatic carbocycles. The fourth-order valence-corrected chi connectivity index (χ4v) is 8.50. The van der Waals surface area contributed by atoms with E-state index in [0.29, 0.717) is 31.1 Å². The van der Waals surface area contributed by atoms with Gasteiger partial charge in [-0.1, -0.05) is 96.2 Å². The normalized spacial score (nSPS) is 32.5. The van der Waals surface area contributed by atoms with Crippen LogP contribution in [0.4, 0.5) is 13.2 Å². The second-order valence-electron chi connectivity index (χ2n) is 14.5. The van der Waals surface area contributed by atoms with Crippen molar-refractivity contribution in [3.8, 4) is 0 Å². The van der Waals surface area contributed by atoms with Crippen LogP contribution >= 0.6 is 0 Å². The van der Waals surface area contributed by atoms with Gasteiger partial charge in [-0.15, -0.1) is 0 Å². The number of ether oxygens (including phenoxy) is 2. The first-order chi connectivity index (χ1) is 21.1. The lowest BCUT2D eigenvalue weighted by Gasteiger charge is -2.51. The molecule has 0 heterocycles. The van der Waals surface area contributed by atoms with Gasteiger partial charge >= 0.3 is 12.1 Å². The molecule has 5 rings (SSSR count). The van der Waals surface area contributed by atoms with Gasteiger partial charge in [-0.3, -0.25) is 4.79 Å². The fraction of sp³-hybridized carbons (Fsp3) is 0.579. The molecule has 0 unspecified atom stereocenters. The topological polar surface area (TPSA) is 52.6 Å². The zero-order valence-electron chi connectivity index (χ0n) is 27.5. The Morgan fingerprint density at radius 1 is 0.978 bits per heavy atom. The average Bonchev–Trinajstić information content (AvgIpc) is 3.26.